The van der Waals surface area contributed by atoms with Crippen molar-refractivity contribution in [2.24, 2.45) is 17.5 Å². The summed E-state index contributed by atoms with van der Waals surface area (Å²) in [5.74, 6) is 6.48. The molecule has 1 aromatic rings. The van der Waals surface area contributed by atoms with Crippen molar-refractivity contribution in [3.8, 4) is 0 Å². The van der Waals surface area contributed by atoms with E-state index in [1.54, 1.807) is 4.90 Å². The number of piperidine rings is 1. The lowest BCUT2D eigenvalue weighted by Crippen LogP contribution is -2.39. The molecule has 0 atom stereocenters. The van der Waals surface area contributed by atoms with Gasteiger partial charge in [-0.1, -0.05) is 0 Å². The van der Waals surface area contributed by atoms with Crippen LogP contribution in [0.15, 0.2) is 0 Å². The molecular weight excluding hydrogens is 260 g/mol. The molecule has 1 aliphatic rings. The van der Waals surface area contributed by atoms with E-state index < -0.39 is 0 Å². The molecule has 20 heavy (non-hydrogen) atoms. The average Bonchev–Trinajstić information content (AvgIpc) is 2.46. The number of hydrogen-bond acceptors (Lipinski definition) is 8. The highest BCUT2D eigenvalue weighted by Gasteiger charge is 2.25. The molecule has 1 amide bonds. The average molecular weight is 280 g/mol. The summed E-state index contributed by atoms with van der Waals surface area (Å²) in [6.45, 7) is 1.38. The minimum absolute atomic E-state index is 0.0616. The van der Waals surface area contributed by atoms with Crippen LogP contribution >= 0.6 is 0 Å². The molecule has 1 aromatic heterocycles. The normalized spacial score (nSPS) is 16.1. The fourth-order valence-corrected chi connectivity index (χ4v) is 2.12. The molecule has 2 heterocycles. The molecule has 0 spiro atoms. The van der Waals surface area contributed by atoms with Crippen molar-refractivity contribution in [2.45, 2.75) is 12.8 Å². The molecule has 2 rings (SSSR count). The van der Waals surface area contributed by atoms with E-state index in [0.29, 0.717) is 43.8 Å². The smallest absolute Gasteiger partial charge is 0.243 e. The predicted octanol–water partition coefficient (Wildman–Crippen LogP) is -1.08. The minimum Gasteiger partial charge on any atom is -0.369 e. The van der Waals surface area contributed by atoms with Crippen LogP contribution in [0.5, 0.6) is 0 Å². The number of rotatable bonds is 4. The highest BCUT2D eigenvalue weighted by atomic mass is 16.1. The third kappa shape index (κ3) is 3.05. The van der Waals surface area contributed by atoms with E-state index in [0.717, 1.165) is 0 Å². The molecule has 9 heteroatoms. The summed E-state index contributed by atoms with van der Waals surface area (Å²) in [6.07, 6.45) is 1.42. The van der Waals surface area contributed by atoms with Crippen LogP contribution in [0.1, 0.15) is 12.8 Å². The van der Waals surface area contributed by atoms with Crippen molar-refractivity contribution >= 4 is 23.8 Å². The van der Waals surface area contributed by atoms with E-state index in [1.807, 2.05) is 19.0 Å². The van der Waals surface area contributed by atoms with Crippen molar-refractivity contribution in [3.63, 3.8) is 0 Å². The van der Waals surface area contributed by atoms with Gasteiger partial charge in [-0.05, 0) is 12.8 Å². The monoisotopic (exact) mass is 280 g/mol. The first-order valence-corrected chi connectivity index (χ1v) is 6.45. The first kappa shape index (κ1) is 14.3. The van der Waals surface area contributed by atoms with Crippen LogP contribution in [0.2, 0.25) is 0 Å². The molecule has 110 valence electrons. The third-order valence-corrected chi connectivity index (χ3v) is 3.32. The van der Waals surface area contributed by atoms with Gasteiger partial charge in [-0.25, -0.2) is 5.84 Å². The number of anilines is 3. The largest absolute Gasteiger partial charge is 0.369 e. The van der Waals surface area contributed by atoms with Gasteiger partial charge in [-0.2, -0.15) is 15.0 Å². The number of nitrogen functional groups attached to an aromatic ring is 1. The maximum Gasteiger partial charge on any atom is 0.243 e. The van der Waals surface area contributed by atoms with Crippen LogP contribution in [-0.4, -0.2) is 48.0 Å². The molecule has 0 bridgehead atoms. The Morgan fingerprint density at radius 1 is 1.30 bits per heavy atom. The number of aromatic nitrogens is 3. The predicted molar refractivity (Wildman–Crippen MR) is 76.1 cm³/mol. The zero-order valence-electron chi connectivity index (χ0n) is 11.7. The Morgan fingerprint density at radius 3 is 2.45 bits per heavy atom. The summed E-state index contributed by atoms with van der Waals surface area (Å²) in [4.78, 5) is 27.8. The Kier molecular flexibility index (Phi) is 4.18. The van der Waals surface area contributed by atoms with Gasteiger partial charge < -0.3 is 15.5 Å². The SMILES string of the molecule is CN(C)c1nc(NN)nc(N2CCC(C(N)=O)CC2)n1. The van der Waals surface area contributed by atoms with Gasteiger partial charge >= 0.3 is 0 Å². The lowest BCUT2D eigenvalue weighted by atomic mass is 9.96. The first-order chi connectivity index (χ1) is 9.51. The highest BCUT2D eigenvalue weighted by molar-refractivity contribution is 5.76. The molecule has 9 nitrogen and oxygen atoms in total. The van der Waals surface area contributed by atoms with Gasteiger partial charge in [-0.3, -0.25) is 10.2 Å². The lowest BCUT2D eigenvalue weighted by Gasteiger charge is -2.30. The maximum atomic E-state index is 11.2. The molecule has 5 N–H and O–H groups in total. The summed E-state index contributed by atoms with van der Waals surface area (Å²) < 4.78 is 0. The van der Waals surface area contributed by atoms with E-state index in [1.165, 1.54) is 0 Å². The Morgan fingerprint density at radius 2 is 1.95 bits per heavy atom. The molecule has 0 aliphatic carbocycles. The van der Waals surface area contributed by atoms with E-state index in [9.17, 15) is 4.79 Å². The maximum absolute atomic E-state index is 11.2. The summed E-state index contributed by atoms with van der Waals surface area (Å²) in [5.41, 5.74) is 7.77. The van der Waals surface area contributed by atoms with Gasteiger partial charge in [0.2, 0.25) is 23.8 Å². The number of carbonyl (C=O) groups is 1. The first-order valence-electron chi connectivity index (χ1n) is 6.45. The van der Waals surface area contributed by atoms with Gasteiger partial charge in [-0.15, -0.1) is 0 Å². The topological polar surface area (TPSA) is 126 Å². The molecule has 0 unspecified atom stereocenters. The van der Waals surface area contributed by atoms with E-state index in [4.69, 9.17) is 11.6 Å². The van der Waals surface area contributed by atoms with Crippen molar-refractivity contribution in [2.75, 3.05) is 42.4 Å². The molecule has 1 saturated heterocycles. The second-order valence-corrected chi connectivity index (χ2v) is 4.96. The number of carbonyl (C=O) groups excluding carboxylic acids is 1. The minimum atomic E-state index is -0.237. The number of nitrogens with zero attached hydrogens (tertiary/aromatic N) is 5. The van der Waals surface area contributed by atoms with Crippen LogP contribution in [0.3, 0.4) is 0 Å². The Hall–Kier alpha value is -2.16. The standard InChI is InChI=1S/C11H20N8O/c1-18(2)10-14-9(17-13)15-11(16-10)19-5-3-7(4-6-19)8(12)20/h7H,3-6,13H2,1-2H3,(H2,12,20)(H,14,15,16,17). The van der Waals surface area contributed by atoms with Crippen molar-refractivity contribution in [1.29, 1.82) is 0 Å². The number of amides is 1. The summed E-state index contributed by atoms with van der Waals surface area (Å²) in [6, 6.07) is 0. The van der Waals surface area contributed by atoms with Crippen molar-refractivity contribution < 1.29 is 4.79 Å². The lowest BCUT2D eigenvalue weighted by molar-refractivity contribution is -0.122. The Labute approximate surface area is 117 Å². The highest BCUT2D eigenvalue weighted by Crippen LogP contribution is 2.22. The van der Waals surface area contributed by atoms with Gasteiger partial charge in [0, 0.05) is 33.1 Å². The quantitative estimate of drug-likeness (QED) is 0.470. The van der Waals surface area contributed by atoms with Crippen LogP contribution < -0.4 is 26.8 Å². The van der Waals surface area contributed by atoms with Gasteiger partial charge in [0.05, 0.1) is 0 Å². The van der Waals surface area contributed by atoms with E-state index in [2.05, 4.69) is 20.4 Å². The number of hydrazine groups is 1. The summed E-state index contributed by atoms with van der Waals surface area (Å²) in [5, 5.41) is 0. The number of primary amides is 1. The molecule has 1 aliphatic heterocycles. The molecule has 0 aromatic carbocycles. The summed E-state index contributed by atoms with van der Waals surface area (Å²) in [7, 11) is 3.69. The van der Waals surface area contributed by atoms with E-state index >= 15 is 0 Å². The molecule has 0 saturated carbocycles. The number of hydrogen-bond donors (Lipinski definition) is 3. The van der Waals surface area contributed by atoms with Crippen LogP contribution in [0.4, 0.5) is 17.8 Å². The molecule has 1 fully saturated rings. The number of nitrogens with one attached hydrogen (secondary N) is 1. The van der Waals surface area contributed by atoms with E-state index in [-0.39, 0.29) is 11.8 Å². The fourth-order valence-electron chi connectivity index (χ4n) is 2.12. The molecule has 0 radical (unpaired) electrons. The van der Waals surface area contributed by atoms with Crippen LogP contribution in [-0.2, 0) is 4.79 Å². The second kappa shape index (κ2) is 5.87. The van der Waals surface area contributed by atoms with Gasteiger partial charge in [0.15, 0.2) is 0 Å². The third-order valence-electron chi connectivity index (χ3n) is 3.32. The Balaban J connectivity index is 2.16. The van der Waals surface area contributed by atoms with Crippen LogP contribution in [0.25, 0.3) is 0 Å². The van der Waals surface area contributed by atoms with Crippen molar-refractivity contribution in [3.05, 3.63) is 0 Å². The fraction of sp³-hybridized carbons (Fsp3) is 0.636. The Bertz CT molecular complexity index is 483. The van der Waals surface area contributed by atoms with Gasteiger partial charge in [0.1, 0.15) is 0 Å². The second-order valence-electron chi connectivity index (χ2n) is 4.96. The van der Waals surface area contributed by atoms with Gasteiger partial charge in [0.25, 0.3) is 0 Å². The molecular formula is C11H20N8O. The van der Waals surface area contributed by atoms with Crippen LogP contribution in [0, 0.1) is 5.92 Å². The number of nitrogens with two attached hydrogens (primary N) is 2. The zero-order chi connectivity index (χ0) is 14.7. The zero-order valence-corrected chi connectivity index (χ0v) is 11.7. The summed E-state index contributed by atoms with van der Waals surface area (Å²) >= 11 is 0. The van der Waals surface area contributed by atoms with Crippen molar-refractivity contribution in [1.82, 2.24) is 15.0 Å².